The second-order valence-corrected chi connectivity index (χ2v) is 11.0. The van der Waals surface area contributed by atoms with E-state index >= 15 is 0 Å². The molecule has 1 aliphatic heterocycles. The fraction of sp³-hybridized carbons (Fsp3) is 0.286. The summed E-state index contributed by atoms with van der Waals surface area (Å²) in [5, 5.41) is 3.00. The highest BCUT2D eigenvalue weighted by Crippen LogP contribution is 2.39. The maximum atomic E-state index is 13.7. The molecular formula is C28H27NO6S. The number of ether oxygens (including phenoxy) is 2. The van der Waals surface area contributed by atoms with Gasteiger partial charge in [0.25, 0.3) is 5.91 Å². The molecule has 2 aliphatic rings. The van der Waals surface area contributed by atoms with Gasteiger partial charge in [0.2, 0.25) is 9.84 Å². The van der Waals surface area contributed by atoms with E-state index in [1.807, 2.05) is 0 Å². The number of methoxy groups -OCH3 is 2. The van der Waals surface area contributed by atoms with Gasteiger partial charge in [-0.3, -0.25) is 9.59 Å². The highest BCUT2D eigenvalue weighted by atomic mass is 32.2. The maximum absolute atomic E-state index is 13.7. The number of nitrogens with one attached hydrogen (secondary N) is 1. The van der Waals surface area contributed by atoms with Crippen molar-refractivity contribution < 1.29 is 27.5 Å². The summed E-state index contributed by atoms with van der Waals surface area (Å²) in [4.78, 5) is 26.5. The van der Waals surface area contributed by atoms with E-state index in [4.69, 9.17) is 9.47 Å². The summed E-state index contributed by atoms with van der Waals surface area (Å²) in [6, 6.07) is 14.5. The lowest BCUT2D eigenvalue weighted by atomic mass is 9.93. The van der Waals surface area contributed by atoms with Crippen molar-refractivity contribution in [2.24, 2.45) is 0 Å². The van der Waals surface area contributed by atoms with Crippen LogP contribution in [0, 0.1) is 0 Å². The minimum Gasteiger partial charge on any atom is -0.493 e. The zero-order valence-corrected chi connectivity index (χ0v) is 21.0. The van der Waals surface area contributed by atoms with Gasteiger partial charge >= 0.3 is 0 Å². The van der Waals surface area contributed by atoms with Crippen LogP contribution in [0.15, 0.2) is 64.4 Å². The minimum atomic E-state index is -4.04. The monoisotopic (exact) mass is 505 g/mol. The molecule has 0 unspecified atom stereocenters. The van der Waals surface area contributed by atoms with Gasteiger partial charge in [-0.2, -0.15) is 0 Å². The highest BCUT2D eigenvalue weighted by molar-refractivity contribution is 7.91. The fourth-order valence-electron chi connectivity index (χ4n) is 5.07. The molecule has 0 spiro atoms. The predicted molar refractivity (Wildman–Crippen MR) is 135 cm³/mol. The van der Waals surface area contributed by atoms with Gasteiger partial charge in [0.1, 0.15) is 0 Å². The first-order chi connectivity index (χ1) is 17.3. The van der Waals surface area contributed by atoms with Crippen molar-refractivity contribution in [2.45, 2.75) is 47.9 Å². The molecule has 0 radical (unpaired) electrons. The third-order valence-electron chi connectivity index (χ3n) is 6.96. The van der Waals surface area contributed by atoms with Crippen LogP contribution >= 0.6 is 0 Å². The number of fused-ring (bicyclic) bond motifs is 2. The average Bonchev–Trinajstić information content (AvgIpc) is 2.91. The maximum Gasteiger partial charge on any atom is 0.252 e. The Morgan fingerprint density at radius 3 is 2.28 bits per heavy atom. The Kier molecular flexibility index (Phi) is 6.30. The Hall–Kier alpha value is -3.65. The van der Waals surface area contributed by atoms with Crippen LogP contribution in [0.25, 0.3) is 11.1 Å². The molecule has 5 rings (SSSR count). The number of rotatable bonds is 5. The number of benzene rings is 3. The molecule has 1 heterocycles. The third-order valence-corrected chi connectivity index (χ3v) is 8.80. The molecule has 0 aromatic heterocycles. The summed E-state index contributed by atoms with van der Waals surface area (Å²) in [7, 11) is -0.977. The molecule has 8 heteroatoms. The third kappa shape index (κ3) is 4.05. The van der Waals surface area contributed by atoms with E-state index in [1.165, 1.54) is 44.6 Å². The van der Waals surface area contributed by atoms with E-state index in [2.05, 4.69) is 5.32 Å². The Morgan fingerprint density at radius 1 is 0.861 bits per heavy atom. The predicted octanol–water partition coefficient (Wildman–Crippen LogP) is 4.81. The van der Waals surface area contributed by atoms with E-state index in [1.54, 1.807) is 24.3 Å². The minimum absolute atomic E-state index is 0.0359. The van der Waals surface area contributed by atoms with E-state index < -0.39 is 21.5 Å². The number of amides is 1. The van der Waals surface area contributed by atoms with Crippen molar-refractivity contribution >= 4 is 21.5 Å². The van der Waals surface area contributed by atoms with Gasteiger partial charge in [-0.15, -0.1) is 0 Å². The SMILES string of the molecule is COc1ccc(-c2ccc3c(c2)S(=O)(=O)c2cccc(C(=O)NC4CCCCC4)c2C3=O)cc1OC. The normalized spacial score (nSPS) is 16.6. The Balaban J connectivity index is 1.56. The first-order valence-corrected chi connectivity index (χ1v) is 13.4. The van der Waals surface area contributed by atoms with Crippen LogP contribution in [-0.2, 0) is 9.84 Å². The largest absolute Gasteiger partial charge is 0.493 e. The second-order valence-electron chi connectivity index (χ2n) is 9.10. The number of hydrogen-bond acceptors (Lipinski definition) is 6. The number of ketones is 1. The van der Waals surface area contributed by atoms with Gasteiger partial charge in [0.05, 0.1) is 35.1 Å². The van der Waals surface area contributed by atoms with Crippen molar-refractivity contribution in [3.63, 3.8) is 0 Å². The molecule has 0 atom stereocenters. The van der Waals surface area contributed by atoms with Crippen LogP contribution in [0.1, 0.15) is 58.4 Å². The highest BCUT2D eigenvalue weighted by Gasteiger charge is 2.38. The summed E-state index contributed by atoms with van der Waals surface area (Å²) in [5.74, 6) is 0.177. The summed E-state index contributed by atoms with van der Waals surface area (Å²) in [6.45, 7) is 0. The lowest BCUT2D eigenvalue weighted by Crippen LogP contribution is -2.37. The molecule has 3 aromatic rings. The van der Waals surface area contributed by atoms with Crippen LogP contribution in [0.5, 0.6) is 11.5 Å². The van der Waals surface area contributed by atoms with E-state index in [-0.39, 0.29) is 32.5 Å². The first kappa shape index (κ1) is 24.1. The Labute approximate surface area is 210 Å². The van der Waals surface area contributed by atoms with Crippen LogP contribution in [0.3, 0.4) is 0 Å². The second kappa shape index (κ2) is 9.43. The summed E-state index contributed by atoms with van der Waals surface area (Å²) in [6.07, 6.45) is 5.00. The zero-order valence-electron chi connectivity index (χ0n) is 20.2. The molecule has 1 fully saturated rings. The fourth-order valence-corrected chi connectivity index (χ4v) is 6.77. The summed E-state index contributed by atoms with van der Waals surface area (Å²) >= 11 is 0. The van der Waals surface area contributed by atoms with Crippen LogP contribution in [0.2, 0.25) is 0 Å². The lowest BCUT2D eigenvalue weighted by Gasteiger charge is -2.25. The van der Waals surface area contributed by atoms with Gasteiger partial charge in [-0.25, -0.2) is 8.42 Å². The Bertz CT molecular complexity index is 1470. The first-order valence-electron chi connectivity index (χ1n) is 11.9. The van der Waals surface area contributed by atoms with Crippen molar-refractivity contribution in [1.29, 1.82) is 0 Å². The van der Waals surface area contributed by atoms with E-state index in [0.717, 1.165) is 32.1 Å². The molecule has 0 saturated heterocycles. The molecule has 3 aromatic carbocycles. The van der Waals surface area contributed by atoms with Gasteiger partial charge in [0.15, 0.2) is 17.3 Å². The average molecular weight is 506 g/mol. The number of carbonyl (C=O) groups excluding carboxylic acids is 2. The quantitative estimate of drug-likeness (QED) is 0.418. The molecule has 0 bridgehead atoms. The van der Waals surface area contributed by atoms with Crippen molar-refractivity contribution in [3.05, 3.63) is 71.3 Å². The summed E-state index contributed by atoms with van der Waals surface area (Å²) < 4.78 is 38.0. The van der Waals surface area contributed by atoms with Gasteiger partial charge in [0, 0.05) is 11.6 Å². The van der Waals surface area contributed by atoms with Crippen molar-refractivity contribution in [3.8, 4) is 22.6 Å². The molecular weight excluding hydrogens is 478 g/mol. The molecule has 7 nitrogen and oxygen atoms in total. The van der Waals surface area contributed by atoms with Crippen LogP contribution in [0.4, 0.5) is 0 Å². The van der Waals surface area contributed by atoms with E-state index in [0.29, 0.717) is 22.6 Å². The molecule has 186 valence electrons. The van der Waals surface area contributed by atoms with Crippen LogP contribution in [-0.4, -0.2) is 40.4 Å². The molecule has 1 N–H and O–H groups in total. The molecule has 1 aliphatic carbocycles. The number of carbonyl (C=O) groups is 2. The topological polar surface area (TPSA) is 98.8 Å². The number of hydrogen-bond donors (Lipinski definition) is 1. The van der Waals surface area contributed by atoms with Gasteiger partial charge in [-0.05, 0) is 60.4 Å². The molecule has 1 amide bonds. The Morgan fingerprint density at radius 2 is 1.56 bits per heavy atom. The van der Waals surface area contributed by atoms with Crippen LogP contribution < -0.4 is 14.8 Å². The lowest BCUT2D eigenvalue weighted by molar-refractivity contribution is 0.0917. The molecule has 1 saturated carbocycles. The number of sulfone groups is 1. The zero-order chi connectivity index (χ0) is 25.4. The van der Waals surface area contributed by atoms with Gasteiger partial charge in [-0.1, -0.05) is 37.5 Å². The smallest absolute Gasteiger partial charge is 0.252 e. The van der Waals surface area contributed by atoms with Gasteiger partial charge < -0.3 is 14.8 Å². The van der Waals surface area contributed by atoms with Crippen molar-refractivity contribution in [2.75, 3.05) is 14.2 Å². The summed E-state index contributed by atoms with van der Waals surface area (Å²) in [5.41, 5.74) is 1.42. The molecule has 36 heavy (non-hydrogen) atoms. The van der Waals surface area contributed by atoms with Crippen molar-refractivity contribution in [1.82, 2.24) is 5.32 Å². The standard InChI is InChI=1S/C28H27NO6S/c1-34-22-14-12-17(15-23(22)35-2)18-11-13-20-25(16-18)36(32,33)24-10-6-9-21(26(24)27(20)30)28(31)29-19-7-4-3-5-8-19/h6,9-16,19H,3-5,7-8H2,1-2H3,(H,29,31). The van der Waals surface area contributed by atoms with E-state index in [9.17, 15) is 18.0 Å².